The van der Waals surface area contributed by atoms with Crippen LogP contribution >= 0.6 is 23.4 Å². The monoisotopic (exact) mass is 281 g/mol. The summed E-state index contributed by atoms with van der Waals surface area (Å²) in [5, 5.41) is 0.613. The van der Waals surface area contributed by atoms with E-state index in [0.29, 0.717) is 10.7 Å². The number of anilines is 1. The molecule has 0 saturated carbocycles. The molecule has 3 nitrogen and oxygen atoms in total. The van der Waals surface area contributed by atoms with Crippen LogP contribution in [0, 0.1) is 0 Å². The fourth-order valence-corrected chi connectivity index (χ4v) is 2.83. The summed E-state index contributed by atoms with van der Waals surface area (Å²) in [6.45, 7) is 3.18. The highest BCUT2D eigenvalue weighted by molar-refractivity contribution is 7.98. The lowest BCUT2D eigenvalue weighted by molar-refractivity contribution is 0.659. The molecule has 0 aliphatic carbocycles. The zero-order valence-corrected chi connectivity index (χ0v) is 11.8. The van der Waals surface area contributed by atoms with Crippen LogP contribution in [0.2, 0.25) is 5.02 Å². The van der Waals surface area contributed by atoms with Gasteiger partial charge in [0, 0.05) is 29.1 Å². The van der Waals surface area contributed by atoms with Crippen LogP contribution in [0.3, 0.4) is 0 Å². The van der Waals surface area contributed by atoms with Crippen molar-refractivity contribution in [2.75, 3.05) is 5.73 Å². The molecule has 0 radical (unpaired) electrons. The number of imidazole rings is 1. The first-order chi connectivity index (χ1) is 8.70. The summed E-state index contributed by atoms with van der Waals surface area (Å²) < 4.78 is 2.19. The molecule has 0 amide bonds. The van der Waals surface area contributed by atoms with Crippen LogP contribution < -0.4 is 5.73 Å². The molecule has 0 fully saturated rings. The van der Waals surface area contributed by atoms with Gasteiger partial charge in [0.15, 0.2) is 0 Å². The van der Waals surface area contributed by atoms with Crippen LogP contribution in [0.15, 0.2) is 35.6 Å². The molecule has 0 saturated heterocycles. The third-order valence-corrected chi connectivity index (χ3v) is 3.98. The Balaban J connectivity index is 2.02. The quantitative estimate of drug-likeness (QED) is 0.669. The molecule has 1 heterocycles. The largest absolute Gasteiger partial charge is 0.398 e. The summed E-state index contributed by atoms with van der Waals surface area (Å²) in [4.78, 5) is 5.31. The van der Waals surface area contributed by atoms with Crippen molar-refractivity contribution in [1.82, 2.24) is 9.55 Å². The second-order valence-corrected chi connectivity index (χ2v) is 5.51. The van der Waals surface area contributed by atoms with Crippen LogP contribution in [-0.2, 0) is 12.3 Å². The molecule has 1 aromatic carbocycles. The molecule has 0 unspecified atom stereocenters. The van der Waals surface area contributed by atoms with Crippen molar-refractivity contribution >= 4 is 29.1 Å². The number of thioether (sulfide) groups is 1. The molecule has 2 N–H and O–H groups in total. The summed E-state index contributed by atoms with van der Waals surface area (Å²) in [6, 6.07) is 5.74. The highest BCUT2D eigenvalue weighted by Crippen LogP contribution is 2.28. The van der Waals surface area contributed by atoms with Gasteiger partial charge in [-0.1, -0.05) is 18.5 Å². The van der Waals surface area contributed by atoms with Crippen molar-refractivity contribution in [2.45, 2.75) is 30.5 Å². The topological polar surface area (TPSA) is 43.8 Å². The van der Waals surface area contributed by atoms with Gasteiger partial charge in [0.25, 0.3) is 0 Å². The maximum Gasteiger partial charge on any atom is 0.0948 e. The predicted molar refractivity (Wildman–Crippen MR) is 77.9 cm³/mol. The van der Waals surface area contributed by atoms with Crippen molar-refractivity contribution < 1.29 is 0 Å². The number of aryl methyl sites for hydroxylation is 1. The number of aromatic nitrogens is 2. The minimum Gasteiger partial charge on any atom is -0.398 e. The lowest BCUT2D eigenvalue weighted by Crippen LogP contribution is -1.99. The first-order valence-corrected chi connectivity index (χ1v) is 7.24. The van der Waals surface area contributed by atoms with Crippen molar-refractivity contribution in [3.8, 4) is 0 Å². The standard InChI is InChI=1S/C13H16ClN3S/c1-2-5-17-9-16-7-10(17)8-18-11-3-4-13(15)12(14)6-11/h3-4,6-7,9H,2,5,8,15H2,1H3. The molecule has 0 aliphatic rings. The predicted octanol–water partition coefficient (Wildman–Crippen LogP) is 3.82. The van der Waals surface area contributed by atoms with E-state index >= 15 is 0 Å². The lowest BCUT2D eigenvalue weighted by atomic mass is 10.3. The molecule has 96 valence electrons. The lowest BCUT2D eigenvalue weighted by Gasteiger charge is -2.07. The highest BCUT2D eigenvalue weighted by Gasteiger charge is 2.04. The Kier molecular flexibility index (Phi) is 4.55. The third-order valence-electron chi connectivity index (χ3n) is 2.62. The third kappa shape index (κ3) is 3.21. The molecule has 18 heavy (non-hydrogen) atoms. The fraction of sp³-hybridized carbons (Fsp3) is 0.308. The van der Waals surface area contributed by atoms with Crippen LogP contribution in [0.25, 0.3) is 0 Å². The van der Waals surface area contributed by atoms with Crippen LogP contribution in [0.4, 0.5) is 5.69 Å². The number of halogens is 1. The van der Waals surface area contributed by atoms with Gasteiger partial charge < -0.3 is 10.3 Å². The minimum absolute atomic E-state index is 0.613. The van der Waals surface area contributed by atoms with Gasteiger partial charge in [0.1, 0.15) is 0 Å². The first kappa shape index (κ1) is 13.3. The number of nitrogens with two attached hydrogens (primary N) is 1. The molecule has 0 bridgehead atoms. The van der Waals surface area contributed by atoms with Gasteiger partial charge in [-0.15, -0.1) is 11.8 Å². The van der Waals surface area contributed by atoms with E-state index < -0.39 is 0 Å². The molecule has 5 heteroatoms. The second kappa shape index (κ2) is 6.16. The van der Waals surface area contributed by atoms with E-state index in [1.807, 2.05) is 30.7 Å². The van der Waals surface area contributed by atoms with E-state index in [1.54, 1.807) is 11.8 Å². The van der Waals surface area contributed by atoms with Gasteiger partial charge in [0.05, 0.1) is 17.0 Å². The van der Waals surface area contributed by atoms with Crippen molar-refractivity contribution in [3.05, 3.63) is 41.4 Å². The highest BCUT2D eigenvalue weighted by atomic mass is 35.5. The van der Waals surface area contributed by atoms with Crippen molar-refractivity contribution in [2.24, 2.45) is 0 Å². The Hall–Kier alpha value is -1.13. The Bertz CT molecular complexity index is 525. The summed E-state index contributed by atoms with van der Waals surface area (Å²) in [5.74, 6) is 0.889. The Labute approximate surface area is 116 Å². The van der Waals surface area contributed by atoms with Crippen LogP contribution in [0.1, 0.15) is 19.0 Å². The SMILES string of the molecule is CCCn1cncc1CSc1ccc(N)c(Cl)c1. The summed E-state index contributed by atoms with van der Waals surface area (Å²) >= 11 is 7.74. The Morgan fingerprint density at radius 1 is 1.44 bits per heavy atom. The molecule has 0 spiro atoms. The minimum atomic E-state index is 0.613. The number of nitrogens with zero attached hydrogens (tertiary/aromatic N) is 2. The molecule has 2 rings (SSSR count). The smallest absolute Gasteiger partial charge is 0.0948 e. The molecule has 0 aliphatic heterocycles. The van der Waals surface area contributed by atoms with Crippen LogP contribution in [0.5, 0.6) is 0 Å². The zero-order chi connectivity index (χ0) is 13.0. The molecular formula is C13H16ClN3S. The van der Waals surface area contributed by atoms with Gasteiger partial charge in [0.2, 0.25) is 0 Å². The summed E-state index contributed by atoms with van der Waals surface area (Å²) in [7, 11) is 0. The fourth-order valence-electron chi connectivity index (χ4n) is 1.67. The van der Waals surface area contributed by atoms with Gasteiger partial charge in [-0.25, -0.2) is 4.98 Å². The van der Waals surface area contributed by atoms with E-state index in [2.05, 4.69) is 16.5 Å². The average Bonchev–Trinajstić information content (AvgIpc) is 2.79. The number of hydrogen-bond acceptors (Lipinski definition) is 3. The molecule has 1 aromatic heterocycles. The summed E-state index contributed by atoms with van der Waals surface area (Å²) in [6.07, 6.45) is 4.92. The second-order valence-electron chi connectivity index (χ2n) is 4.05. The van der Waals surface area contributed by atoms with E-state index in [0.717, 1.165) is 23.6 Å². The number of rotatable bonds is 5. The summed E-state index contributed by atoms with van der Waals surface area (Å²) in [5.41, 5.74) is 7.54. The van der Waals surface area contributed by atoms with Crippen LogP contribution in [-0.4, -0.2) is 9.55 Å². The first-order valence-electron chi connectivity index (χ1n) is 5.87. The van der Waals surface area contributed by atoms with Crippen molar-refractivity contribution in [3.63, 3.8) is 0 Å². The molecule has 2 aromatic rings. The average molecular weight is 282 g/mol. The van der Waals surface area contributed by atoms with E-state index in [1.165, 1.54) is 5.69 Å². The van der Waals surface area contributed by atoms with E-state index in [9.17, 15) is 0 Å². The normalized spacial score (nSPS) is 10.8. The Morgan fingerprint density at radius 2 is 2.28 bits per heavy atom. The number of hydrogen-bond donors (Lipinski definition) is 1. The van der Waals surface area contributed by atoms with Gasteiger partial charge in [-0.05, 0) is 24.6 Å². The van der Waals surface area contributed by atoms with Gasteiger partial charge in [-0.3, -0.25) is 0 Å². The van der Waals surface area contributed by atoms with Gasteiger partial charge >= 0.3 is 0 Å². The van der Waals surface area contributed by atoms with E-state index in [4.69, 9.17) is 17.3 Å². The Morgan fingerprint density at radius 3 is 3.00 bits per heavy atom. The zero-order valence-electron chi connectivity index (χ0n) is 10.3. The maximum atomic E-state index is 6.00. The number of nitrogen functional groups attached to an aromatic ring is 1. The van der Waals surface area contributed by atoms with E-state index in [-0.39, 0.29) is 0 Å². The number of benzene rings is 1. The molecule has 0 atom stereocenters. The molecular weight excluding hydrogens is 266 g/mol. The maximum absolute atomic E-state index is 6.00. The van der Waals surface area contributed by atoms with Crippen molar-refractivity contribution in [1.29, 1.82) is 0 Å². The van der Waals surface area contributed by atoms with Gasteiger partial charge in [-0.2, -0.15) is 0 Å².